The molecule has 1 unspecified atom stereocenters. The normalized spacial score (nSPS) is 23.6. The lowest BCUT2D eigenvalue weighted by Gasteiger charge is -2.29. The highest BCUT2D eigenvalue weighted by Crippen LogP contribution is 2.45. The second-order valence-corrected chi connectivity index (χ2v) is 4.49. The van der Waals surface area contributed by atoms with Crippen LogP contribution in [0, 0.1) is 17.0 Å². The highest BCUT2D eigenvalue weighted by Gasteiger charge is 2.61. The first-order valence-electron chi connectivity index (χ1n) is 5.55. The summed E-state index contributed by atoms with van der Waals surface area (Å²) in [4.78, 5) is 12.0. The Labute approximate surface area is 105 Å². The summed E-state index contributed by atoms with van der Waals surface area (Å²) in [6.45, 7) is -0.545. The Balaban J connectivity index is 2.46. The van der Waals surface area contributed by atoms with Crippen LogP contribution in [0.1, 0.15) is 16.8 Å². The zero-order chi connectivity index (χ0) is 14.3. The van der Waals surface area contributed by atoms with Gasteiger partial charge in [0.25, 0.3) is 0 Å². The van der Waals surface area contributed by atoms with Crippen LogP contribution in [0.3, 0.4) is 0 Å². The molecule has 0 saturated carbocycles. The summed E-state index contributed by atoms with van der Waals surface area (Å²) in [5, 5.41) is 2.47. The fraction of sp³-hybridized carbons (Fsp3) is 0.417. The summed E-state index contributed by atoms with van der Waals surface area (Å²) in [5.74, 6) is -3.46. The van der Waals surface area contributed by atoms with Crippen LogP contribution in [0.15, 0.2) is 18.2 Å². The zero-order valence-electron chi connectivity index (χ0n) is 9.65. The van der Waals surface area contributed by atoms with Crippen LogP contribution in [0.4, 0.5) is 22.0 Å². The van der Waals surface area contributed by atoms with Crippen molar-refractivity contribution in [3.05, 3.63) is 35.4 Å². The molecule has 0 amide bonds. The van der Waals surface area contributed by atoms with Gasteiger partial charge in [-0.05, 0) is 25.1 Å². The molecule has 1 aliphatic heterocycles. The predicted molar refractivity (Wildman–Crippen MR) is 56.7 cm³/mol. The van der Waals surface area contributed by atoms with Gasteiger partial charge in [-0.2, -0.15) is 13.2 Å². The molecule has 2 rings (SSSR count). The van der Waals surface area contributed by atoms with Crippen LogP contribution in [0.2, 0.25) is 0 Å². The minimum Gasteiger partial charge on any atom is -0.315 e. The van der Waals surface area contributed by atoms with Gasteiger partial charge in [0.2, 0.25) is 0 Å². The molecule has 1 atom stereocenters. The molecule has 1 aromatic rings. The van der Waals surface area contributed by atoms with Crippen LogP contribution in [0.25, 0.3) is 0 Å². The molecule has 7 heteroatoms. The molecule has 0 aliphatic carbocycles. The van der Waals surface area contributed by atoms with Crippen LogP contribution in [-0.2, 0) is 0 Å². The van der Waals surface area contributed by atoms with Crippen molar-refractivity contribution >= 4 is 5.78 Å². The fourth-order valence-corrected chi connectivity index (χ4v) is 2.22. The number of Topliss-reactive ketones (excluding diaryl/α,β-unsaturated/α-hetero) is 1. The zero-order valence-corrected chi connectivity index (χ0v) is 9.65. The van der Waals surface area contributed by atoms with Gasteiger partial charge in [-0.3, -0.25) is 4.79 Å². The predicted octanol–water partition coefficient (Wildman–Crippen LogP) is 2.69. The number of nitrogens with one attached hydrogen (secondary N) is 1. The van der Waals surface area contributed by atoms with Crippen molar-refractivity contribution in [1.29, 1.82) is 0 Å². The van der Waals surface area contributed by atoms with Gasteiger partial charge >= 0.3 is 6.18 Å². The van der Waals surface area contributed by atoms with E-state index in [-0.39, 0.29) is 6.54 Å². The average Bonchev–Trinajstić information content (AvgIpc) is 2.76. The summed E-state index contributed by atoms with van der Waals surface area (Å²) in [6.07, 6.45) is -5.20. The molecule has 1 saturated heterocycles. The van der Waals surface area contributed by atoms with Crippen molar-refractivity contribution in [3.63, 3.8) is 0 Å². The van der Waals surface area contributed by atoms with E-state index < -0.39 is 47.5 Å². The fourth-order valence-electron chi connectivity index (χ4n) is 2.22. The number of benzene rings is 1. The molecule has 1 N–H and O–H groups in total. The molecular weight excluding hydrogens is 269 g/mol. The summed E-state index contributed by atoms with van der Waals surface area (Å²) in [5.41, 5.74) is -3.20. The number of ketones is 1. The highest BCUT2D eigenvalue weighted by molar-refractivity contribution is 6.01. The van der Waals surface area contributed by atoms with Crippen molar-refractivity contribution in [2.24, 2.45) is 5.41 Å². The number of alkyl halides is 3. The number of carbonyl (C=O) groups is 1. The molecule has 1 aromatic carbocycles. The molecule has 1 heterocycles. The van der Waals surface area contributed by atoms with Gasteiger partial charge in [-0.25, -0.2) is 8.78 Å². The van der Waals surface area contributed by atoms with Gasteiger partial charge < -0.3 is 5.32 Å². The van der Waals surface area contributed by atoms with Gasteiger partial charge in [-0.15, -0.1) is 0 Å². The molecule has 1 fully saturated rings. The van der Waals surface area contributed by atoms with E-state index in [1.54, 1.807) is 0 Å². The van der Waals surface area contributed by atoms with Gasteiger partial charge in [-0.1, -0.05) is 0 Å². The quantitative estimate of drug-likeness (QED) is 0.666. The molecule has 19 heavy (non-hydrogen) atoms. The van der Waals surface area contributed by atoms with E-state index in [2.05, 4.69) is 5.32 Å². The Morgan fingerprint density at radius 1 is 1.16 bits per heavy atom. The molecule has 0 radical (unpaired) electrons. The Kier molecular flexibility index (Phi) is 3.34. The van der Waals surface area contributed by atoms with Gasteiger partial charge in [0.1, 0.15) is 17.0 Å². The summed E-state index contributed by atoms with van der Waals surface area (Å²) < 4.78 is 65.3. The maximum atomic E-state index is 13.1. The smallest absolute Gasteiger partial charge is 0.315 e. The van der Waals surface area contributed by atoms with Gasteiger partial charge in [0.05, 0.1) is 0 Å². The van der Waals surface area contributed by atoms with E-state index in [4.69, 9.17) is 0 Å². The Hall–Kier alpha value is -1.50. The molecule has 1 aliphatic rings. The van der Waals surface area contributed by atoms with E-state index in [1.807, 2.05) is 0 Å². The summed E-state index contributed by atoms with van der Waals surface area (Å²) in [7, 11) is 0. The van der Waals surface area contributed by atoms with Crippen molar-refractivity contribution in [2.75, 3.05) is 13.1 Å². The number of halogens is 5. The molecule has 2 nitrogen and oxygen atoms in total. The Morgan fingerprint density at radius 2 is 1.74 bits per heavy atom. The summed E-state index contributed by atoms with van der Waals surface area (Å²) in [6, 6.07) is 1.75. The standard InChI is InChI=1S/C12H10F5NO/c13-8-3-7(4-9(14)5-8)10(19)11(12(15,16)17)1-2-18-6-11/h3-5,18H,1-2,6H2. The van der Waals surface area contributed by atoms with Gasteiger partial charge in [0.15, 0.2) is 5.78 Å². The molecule has 0 bridgehead atoms. The highest BCUT2D eigenvalue weighted by atomic mass is 19.4. The minimum absolute atomic E-state index is 0.0308. The second kappa shape index (κ2) is 4.56. The number of hydrogen-bond acceptors (Lipinski definition) is 2. The van der Waals surface area contributed by atoms with E-state index in [9.17, 15) is 26.7 Å². The minimum atomic E-state index is -4.77. The largest absolute Gasteiger partial charge is 0.402 e. The van der Waals surface area contributed by atoms with E-state index >= 15 is 0 Å². The Morgan fingerprint density at radius 3 is 2.16 bits per heavy atom. The van der Waals surface area contributed by atoms with Crippen LogP contribution in [-0.4, -0.2) is 25.0 Å². The van der Waals surface area contributed by atoms with Gasteiger partial charge in [0, 0.05) is 18.2 Å². The lowest BCUT2D eigenvalue weighted by atomic mass is 9.78. The van der Waals surface area contributed by atoms with Crippen LogP contribution >= 0.6 is 0 Å². The lowest BCUT2D eigenvalue weighted by molar-refractivity contribution is -0.197. The topological polar surface area (TPSA) is 29.1 Å². The summed E-state index contributed by atoms with van der Waals surface area (Å²) >= 11 is 0. The Bertz CT molecular complexity index is 485. The number of hydrogen-bond donors (Lipinski definition) is 1. The van der Waals surface area contributed by atoms with Crippen LogP contribution < -0.4 is 5.32 Å². The maximum Gasteiger partial charge on any atom is 0.402 e. The average molecular weight is 279 g/mol. The van der Waals surface area contributed by atoms with Crippen LogP contribution in [0.5, 0.6) is 0 Å². The molecule has 0 spiro atoms. The first kappa shape index (κ1) is 13.9. The molecule has 104 valence electrons. The number of carbonyl (C=O) groups excluding carboxylic acids is 1. The third-order valence-electron chi connectivity index (χ3n) is 3.26. The number of rotatable bonds is 2. The van der Waals surface area contributed by atoms with E-state index in [0.29, 0.717) is 18.2 Å². The van der Waals surface area contributed by atoms with Crippen molar-refractivity contribution in [2.45, 2.75) is 12.6 Å². The molecular formula is C12H10F5NO. The van der Waals surface area contributed by atoms with Crippen molar-refractivity contribution in [1.82, 2.24) is 5.32 Å². The third-order valence-corrected chi connectivity index (χ3v) is 3.26. The molecule has 0 aromatic heterocycles. The first-order valence-corrected chi connectivity index (χ1v) is 5.55. The first-order chi connectivity index (χ1) is 8.76. The van der Waals surface area contributed by atoms with E-state index in [1.165, 1.54) is 0 Å². The third kappa shape index (κ3) is 2.34. The maximum absolute atomic E-state index is 13.1. The lowest BCUT2D eigenvalue weighted by Crippen LogP contribution is -2.46. The second-order valence-electron chi connectivity index (χ2n) is 4.49. The monoisotopic (exact) mass is 279 g/mol. The van der Waals surface area contributed by atoms with Crippen molar-refractivity contribution in [3.8, 4) is 0 Å². The van der Waals surface area contributed by atoms with Crippen molar-refractivity contribution < 1.29 is 26.7 Å². The van der Waals surface area contributed by atoms with E-state index in [0.717, 1.165) is 0 Å². The SMILES string of the molecule is O=C(c1cc(F)cc(F)c1)C1(C(F)(F)F)CCNC1.